The Hall–Kier alpha value is -0.760. The summed E-state index contributed by atoms with van der Waals surface area (Å²) in [4.78, 5) is 12.5. The molecule has 2 heteroatoms. The van der Waals surface area contributed by atoms with E-state index in [9.17, 15) is 4.79 Å². The Bertz CT molecular complexity index is 331. The fourth-order valence-electron chi connectivity index (χ4n) is 1.54. The van der Waals surface area contributed by atoms with E-state index >= 15 is 0 Å². The van der Waals surface area contributed by atoms with Crippen molar-refractivity contribution in [3.05, 3.63) is 29.3 Å². The predicted molar refractivity (Wildman–Crippen MR) is 50.9 cm³/mol. The molecule has 0 aromatic heterocycles. The molecular weight excluding hydrogens is 168 g/mol. The number of fused-ring (bicyclic) bond motifs is 1. The van der Waals surface area contributed by atoms with E-state index < -0.39 is 0 Å². The molecule has 12 heavy (non-hydrogen) atoms. The highest BCUT2D eigenvalue weighted by molar-refractivity contribution is 7.98. The first-order valence-corrected chi connectivity index (χ1v) is 5.24. The van der Waals surface area contributed by atoms with Crippen LogP contribution >= 0.6 is 11.8 Å². The van der Waals surface area contributed by atoms with Crippen LogP contribution in [0.5, 0.6) is 0 Å². The van der Waals surface area contributed by atoms with Crippen molar-refractivity contribution in [1.82, 2.24) is 0 Å². The van der Waals surface area contributed by atoms with Crippen molar-refractivity contribution in [2.75, 3.05) is 6.26 Å². The Morgan fingerprint density at radius 1 is 1.33 bits per heavy atom. The number of aryl methyl sites for hydroxylation is 1. The zero-order valence-electron chi connectivity index (χ0n) is 6.96. The summed E-state index contributed by atoms with van der Waals surface area (Å²) in [5.41, 5.74) is 2.17. The second kappa shape index (κ2) is 2.94. The van der Waals surface area contributed by atoms with Gasteiger partial charge < -0.3 is 0 Å². The highest BCUT2D eigenvalue weighted by Gasteiger charge is 2.18. The molecular formula is C10H10OS. The van der Waals surface area contributed by atoms with Crippen molar-refractivity contribution in [2.24, 2.45) is 0 Å². The van der Waals surface area contributed by atoms with E-state index in [0.29, 0.717) is 12.2 Å². The number of rotatable bonds is 1. The van der Waals surface area contributed by atoms with E-state index in [1.54, 1.807) is 11.8 Å². The molecule has 0 saturated heterocycles. The van der Waals surface area contributed by atoms with Gasteiger partial charge in [-0.1, -0.05) is 6.07 Å². The highest BCUT2D eigenvalue weighted by atomic mass is 32.2. The number of thioether (sulfide) groups is 1. The topological polar surface area (TPSA) is 17.1 Å². The van der Waals surface area contributed by atoms with E-state index in [4.69, 9.17) is 0 Å². The van der Waals surface area contributed by atoms with Gasteiger partial charge in [-0.3, -0.25) is 4.79 Å². The van der Waals surface area contributed by atoms with E-state index in [0.717, 1.165) is 12.0 Å². The number of carbonyl (C=O) groups is 1. The predicted octanol–water partition coefficient (Wildman–Crippen LogP) is 2.54. The Labute approximate surface area is 76.2 Å². The van der Waals surface area contributed by atoms with E-state index in [2.05, 4.69) is 12.1 Å². The average Bonchev–Trinajstić information content (AvgIpc) is 2.47. The Morgan fingerprint density at radius 3 is 2.92 bits per heavy atom. The molecule has 0 fully saturated rings. The monoisotopic (exact) mass is 178 g/mol. The summed E-state index contributed by atoms with van der Waals surface area (Å²) in [6.07, 6.45) is 3.66. The summed E-state index contributed by atoms with van der Waals surface area (Å²) in [7, 11) is 0. The minimum absolute atomic E-state index is 0.306. The summed E-state index contributed by atoms with van der Waals surface area (Å²) in [5.74, 6) is 0.306. The van der Waals surface area contributed by atoms with Crippen molar-refractivity contribution < 1.29 is 4.79 Å². The van der Waals surface area contributed by atoms with Gasteiger partial charge >= 0.3 is 0 Å². The molecule has 0 saturated carbocycles. The molecule has 0 heterocycles. The van der Waals surface area contributed by atoms with Crippen LogP contribution in [0.4, 0.5) is 0 Å². The summed E-state index contributed by atoms with van der Waals surface area (Å²) in [6.45, 7) is 0. The Kier molecular flexibility index (Phi) is 1.93. The normalized spacial score (nSPS) is 14.9. The molecule has 0 bridgehead atoms. The minimum Gasteiger partial charge on any atom is -0.294 e. The Balaban J connectivity index is 2.50. The molecule has 1 aliphatic carbocycles. The fourth-order valence-corrected chi connectivity index (χ4v) is 1.98. The molecule has 1 nitrogen and oxygen atoms in total. The molecule has 0 amide bonds. The third-order valence-electron chi connectivity index (χ3n) is 2.24. The van der Waals surface area contributed by atoms with Crippen molar-refractivity contribution in [3.8, 4) is 0 Å². The van der Waals surface area contributed by atoms with Gasteiger partial charge in [0.25, 0.3) is 0 Å². The van der Waals surface area contributed by atoms with Crippen LogP contribution in [0.1, 0.15) is 22.3 Å². The maximum atomic E-state index is 11.3. The van der Waals surface area contributed by atoms with Crippen LogP contribution < -0.4 is 0 Å². The van der Waals surface area contributed by atoms with Crippen LogP contribution in [0.15, 0.2) is 23.1 Å². The van der Waals surface area contributed by atoms with Crippen LogP contribution in [0, 0.1) is 0 Å². The fraction of sp³-hybridized carbons (Fsp3) is 0.300. The molecule has 0 N–H and O–H groups in total. The molecule has 1 aliphatic rings. The van der Waals surface area contributed by atoms with Gasteiger partial charge in [-0.2, -0.15) is 0 Å². The third kappa shape index (κ3) is 1.16. The van der Waals surface area contributed by atoms with Crippen LogP contribution in [0.2, 0.25) is 0 Å². The van der Waals surface area contributed by atoms with Gasteiger partial charge in [-0.05, 0) is 30.4 Å². The van der Waals surface area contributed by atoms with Gasteiger partial charge in [0.1, 0.15) is 0 Å². The van der Waals surface area contributed by atoms with Gasteiger partial charge in [0, 0.05) is 16.9 Å². The molecule has 1 aromatic rings. The van der Waals surface area contributed by atoms with Gasteiger partial charge in [-0.15, -0.1) is 11.8 Å². The number of benzene rings is 1. The maximum absolute atomic E-state index is 11.3. The summed E-state index contributed by atoms with van der Waals surface area (Å²) in [5, 5.41) is 0. The van der Waals surface area contributed by atoms with Crippen LogP contribution in [-0.2, 0) is 6.42 Å². The SMILES string of the molecule is CSc1ccc2c(c1)C(=O)CC2. The van der Waals surface area contributed by atoms with Gasteiger partial charge in [0.2, 0.25) is 0 Å². The quantitative estimate of drug-likeness (QED) is 0.615. The lowest BCUT2D eigenvalue weighted by Crippen LogP contribution is -1.90. The summed E-state index contributed by atoms with van der Waals surface area (Å²) in [6, 6.07) is 6.17. The maximum Gasteiger partial charge on any atom is 0.163 e. The first-order chi connectivity index (χ1) is 5.81. The molecule has 0 unspecified atom stereocenters. The Morgan fingerprint density at radius 2 is 2.17 bits per heavy atom. The van der Waals surface area contributed by atoms with Crippen LogP contribution in [0.25, 0.3) is 0 Å². The molecule has 62 valence electrons. The summed E-state index contributed by atoms with van der Waals surface area (Å²) >= 11 is 1.68. The van der Waals surface area contributed by atoms with Crippen molar-refractivity contribution >= 4 is 17.5 Å². The van der Waals surface area contributed by atoms with Gasteiger partial charge in [0.05, 0.1) is 0 Å². The molecule has 1 aromatic carbocycles. The standard InChI is InChI=1S/C10H10OS/c1-12-8-4-2-7-3-5-10(11)9(7)6-8/h2,4,6H,3,5H2,1H3. The number of ketones is 1. The number of carbonyl (C=O) groups excluding carboxylic acids is 1. The van der Waals surface area contributed by atoms with E-state index in [-0.39, 0.29) is 0 Å². The molecule has 0 aliphatic heterocycles. The van der Waals surface area contributed by atoms with Crippen molar-refractivity contribution in [2.45, 2.75) is 17.7 Å². The third-order valence-corrected chi connectivity index (χ3v) is 2.96. The summed E-state index contributed by atoms with van der Waals surface area (Å²) < 4.78 is 0. The van der Waals surface area contributed by atoms with Gasteiger partial charge in [0.15, 0.2) is 5.78 Å². The first kappa shape index (κ1) is 7.87. The van der Waals surface area contributed by atoms with Crippen molar-refractivity contribution in [3.63, 3.8) is 0 Å². The molecule has 2 rings (SSSR count). The minimum atomic E-state index is 0.306. The first-order valence-electron chi connectivity index (χ1n) is 4.01. The lowest BCUT2D eigenvalue weighted by Gasteiger charge is -1.99. The zero-order valence-corrected chi connectivity index (χ0v) is 7.78. The average molecular weight is 178 g/mol. The van der Waals surface area contributed by atoms with E-state index in [1.807, 2.05) is 12.3 Å². The zero-order chi connectivity index (χ0) is 8.55. The number of Topliss-reactive ketones (excluding diaryl/α,β-unsaturated/α-hetero) is 1. The second-order valence-electron chi connectivity index (χ2n) is 2.95. The van der Waals surface area contributed by atoms with E-state index in [1.165, 1.54) is 10.5 Å². The van der Waals surface area contributed by atoms with Gasteiger partial charge in [-0.25, -0.2) is 0 Å². The lowest BCUT2D eigenvalue weighted by atomic mass is 10.1. The van der Waals surface area contributed by atoms with Crippen molar-refractivity contribution in [1.29, 1.82) is 0 Å². The van der Waals surface area contributed by atoms with Crippen LogP contribution in [0.3, 0.4) is 0 Å². The number of hydrogen-bond acceptors (Lipinski definition) is 2. The smallest absolute Gasteiger partial charge is 0.163 e. The number of hydrogen-bond donors (Lipinski definition) is 0. The lowest BCUT2D eigenvalue weighted by molar-refractivity contribution is 0.0994. The molecule has 0 spiro atoms. The van der Waals surface area contributed by atoms with Crippen LogP contribution in [-0.4, -0.2) is 12.0 Å². The largest absolute Gasteiger partial charge is 0.294 e. The second-order valence-corrected chi connectivity index (χ2v) is 3.83. The highest BCUT2D eigenvalue weighted by Crippen LogP contribution is 2.26. The molecule has 0 radical (unpaired) electrons. The molecule has 0 atom stereocenters.